The maximum atomic E-state index is 13.5. The van der Waals surface area contributed by atoms with Crippen molar-refractivity contribution in [2.45, 2.75) is 20.0 Å². The zero-order chi connectivity index (χ0) is 23.5. The molecule has 0 saturated carbocycles. The molecule has 8 heteroatoms. The molecule has 2 aromatic heterocycles. The molecule has 1 fully saturated rings. The Balaban J connectivity index is 1.42. The number of aromatic nitrogens is 3. The predicted molar refractivity (Wildman–Crippen MR) is 132 cm³/mol. The van der Waals surface area contributed by atoms with E-state index in [1.807, 2.05) is 41.0 Å². The van der Waals surface area contributed by atoms with Crippen LogP contribution in [-0.4, -0.2) is 64.5 Å². The van der Waals surface area contributed by atoms with Crippen LogP contribution in [0.15, 0.2) is 59.5 Å². The van der Waals surface area contributed by atoms with Gasteiger partial charge >= 0.3 is 0 Å². The van der Waals surface area contributed by atoms with Gasteiger partial charge in [-0.15, -0.1) is 0 Å². The molecule has 0 aliphatic carbocycles. The quantitative estimate of drug-likeness (QED) is 0.458. The summed E-state index contributed by atoms with van der Waals surface area (Å²) in [6, 6.07) is 16.2. The molecule has 1 amide bonds. The lowest BCUT2D eigenvalue weighted by Crippen LogP contribution is -2.42. The Kier molecular flexibility index (Phi) is 6.42. The average Bonchev–Trinajstić information content (AvgIpc) is 3.17. The number of fused-ring (bicyclic) bond motifs is 3. The molecule has 0 atom stereocenters. The van der Waals surface area contributed by atoms with Crippen molar-refractivity contribution < 1.29 is 9.53 Å². The topological polar surface area (TPSA) is 81.4 Å². The first kappa shape index (κ1) is 22.3. The summed E-state index contributed by atoms with van der Waals surface area (Å²) < 4.78 is 8.66. The van der Waals surface area contributed by atoms with E-state index in [2.05, 4.69) is 34.4 Å². The number of morpholine rings is 1. The van der Waals surface area contributed by atoms with Gasteiger partial charge < -0.3 is 14.6 Å². The number of hydrogen-bond acceptors (Lipinski definition) is 5. The minimum absolute atomic E-state index is 0.107. The molecule has 176 valence electrons. The van der Waals surface area contributed by atoms with E-state index in [1.54, 1.807) is 6.20 Å². The highest BCUT2D eigenvalue weighted by atomic mass is 16.5. The molecular weight excluding hydrogens is 430 g/mol. The van der Waals surface area contributed by atoms with Crippen LogP contribution < -0.4 is 10.9 Å². The highest BCUT2D eigenvalue weighted by Gasteiger charge is 2.18. The van der Waals surface area contributed by atoms with Crippen LogP contribution in [0.2, 0.25) is 0 Å². The third-order valence-electron chi connectivity index (χ3n) is 6.51. The number of aryl methyl sites for hydroxylation is 1. The van der Waals surface area contributed by atoms with Gasteiger partial charge in [0.25, 0.3) is 5.56 Å². The molecule has 1 aliphatic rings. The van der Waals surface area contributed by atoms with Crippen molar-refractivity contribution in [3.8, 4) is 0 Å². The first-order valence-corrected chi connectivity index (χ1v) is 11.7. The molecule has 1 N–H and O–H groups in total. The SMILES string of the molecule is Cc1ccccc1Cn1c2ccccc2c2cnn(CC(=O)NCCN3CCOCC3)c(=O)c21. The second-order valence-electron chi connectivity index (χ2n) is 8.70. The number of nitrogens with one attached hydrogen (secondary N) is 1. The van der Waals surface area contributed by atoms with Gasteiger partial charge in [0, 0.05) is 49.0 Å². The molecule has 2 aromatic carbocycles. The fourth-order valence-corrected chi connectivity index (χ4v) is 4.60. The molecule has 3 heterocycles. The van der Waals surface area contributed by atoms with E-state index in [9.17, 15) is 9.59 Å². The molecule has 1 saturated heterocycles. The fraction of sp³-hybridized carbons (Fsp3) is 0.346. The number of carbonyl (C=O) groups excluding carboxylic acids is 1. The van der Waals surface area contributed by atoms with Crippen LogP contribution >= 0.6 is 0 Å². The summed E-state index contributed by atoms with van der Waals surface area (Å²) in [5.74, 6) is -0.219. The Morgan fingerprint density at radius 2 is 1.82 bits per heavy atom. The molecule has 1 aliphatic heterocycles. The number of carbonyl (C=O) groups is 1. The average molecular weight is 460 g/mol. The molecule has 0 unspecified atom stereocenters. The number of benzene rings is 2. The van der Waals surface area contributed by atoms with Gasteiger partial charge in [0.15, 0.2) is 0 Å². The lowest BCUT2D eigenvalue weighted by atomic mass is 10.1. The van der Waals surface area contributed by atoms with Gasteiger partial charge in [0.05, 0.1) is 19.4 Å². The van der Waals surface area contributed by atoms with E-state index in [1.165, 1.54) is 10.2 Å². The van der Waals surface area contributed by atoms with Crippen LogP contribution in [0.1, 0.15) is 11.1 Å². The Hall–Kier alpha value is -3.49. The van der Waals surface area contributed by atoms with Crippen LogP contribution in [0, 0.1) is 6.92 Å². The summed E-state index contributed by atoms with van der Waals surface area (Å²) in [5.41, 5.74) is 3.61. The molecule has 34 heavy (non-hydrogen) atoms. The largest absolute Gasteiger partial charge is 0.379 e. The van der Waals surface area contributed by atoms with Gasteiger partial charge in [-0.1, -0.05) is 42.5 Å². The van der Waals surface area contributed by atoms with E-state index < -0.39 is 0 Å². The number of ether oxygens (including phenoxy) is 1. The first-order valence-electron chi connectivity index (χ1n) is 11.7. The van der Waals surface area contributed by atoms with Gasteiger partial charge in [0.2, 0.25) is 5.91 Å². The molecule has 0 spiro atoms. The van der Waals surface area contributed by atoms with Crippen molar-refractivity contribution in [2.24, 2.45) is 0 Å². The Morgan fingerprint density at radius 1 is 1.06 bits per heavy atom. The highest BCUT2D eigenvalue weighted by Crippen LogP contribution is 2.27. The van der Waals surface area contributed by atoms with Crippen LogP contribution in [-0.2, 0) is 22.6 Å². The Morgan fingerprint density at radius 3 is 2.65 bits per heavy atom. The summed E-state index contributed by atoms with van der Waals surface area (Å²) in [7, 11) is 0. The van der Waals surface area contributed by atoms with Crippen LogP contribution in [0.4, 0.5) is 0 Å². The van der Waals surface area contributed by atoms with E-state index >= 15 is 0 Å². The summed E-state index contributed by atoms with van der Waals surface area (Å²) in [4.78, 5) is 28.4. The molecule has 0 bridgehead atoms. The summed E-state index contributed by atoms with van der Waals surface area (Å²) in [6.07, 6.45) is 1.70. The smallest absolute Gasteiger partial charge is 0.291 e. The molecular formula is C26H29N5O3. The fourth-order valence-electron chi connectivity index (χ4n) is 4.60. The summed E-state index contributed by atoms with van der Waals surface area (Å²) >= 11 is 0. The van der Waals surface area contributed by atoms with Crippen LogP contribution in [0.25, 0.3) is 21.8 Å². The van der Waals surface area contributed by atoms with Crippen molar-refractivity contribution in [3.63, 3.8) is 0 Å². The van der Waals surface area contributed by atoms with E-state index in [4.69, 9.17) is 4.74 Å². The summed E-state index contributed by atoms with van der Waals surface area (Å²) in [5, 5.41) is 9.04. The monoisotopic (exact) mass is 459 g/mol. The Bertz CT molecular complexity index is 1380. The minimum Gasteiger partial charge on any atom is -0.379 e. The number of nitrogens with zero attached hydrogens (tertiary/aromatic N) is 4. The lowest BCUT2D eigenvalue weighted by Gasteiger charge is -2.26. The van der Waals surface area contributed by atoms with Crippen molar-refractivity contribution in [2.75, 3.05) is 39.4 Å². The number of hydrogen-bond donors (Lipinski definition) is 1. The van der Waals surface area contributed by atoms with Crippen LogP contribution in [0.5, 0.6) is 0 Å². The van der Waals surface area contributed by atoms with E-state index in [-0.39, 0.29) is 18.0 Å². The van der Waals surface area contributed by atoms with Crippen molar-refractivity contribution in [1.29, 1.82) is 0 Å². The standard InChI is InChI=1S/C26H29N5O3/c1-19-6-2-3-7-20(19)17-30-23-9-5-4-8-21(23)22-16-28-31(26(33)25(22)30)18-24(32)27-10-11-29-12-14-34-15-13-29/h2-9,16H,10-15,17-18H2,1H3,(H,27,32). The minimum atomic E-state index is -0.259. The maximum Gasteiger partial charge on any atom is 0.291 e. The van der Waals surface area contributed by atoms with Gasteiger partial charge in [0.1, 0.15) is 12.1 Å². The van der Waals surface area contributed by atoms with Gasteiger partial charge in [-0.25, -0.2) is 4.68 Å². The van der Waals surface area contributed by atoms with Gasteiger partial charge in [-0.2, -0.15) is 5.10 Å². The van der Waals surface area contributed by atoms with E-state index in [0.717, 1.165) is 54.7 Å². The number of para-hydroxylation sites is 1. The third kappa shape index (κ3) is 4.47. The predicted octanol–water partition coefficient (Wildman–Crippen LogP) is 2.16. The molecule has 5 rings (SSSR count). The third-order valence-corrected chi connectivity index (χ3v) is 6.51. The summed E-state index contributed by atoms with van der Waals surface area (Å²) in [6.45, 7) is 7.03. The zero-order valence-electron chi connectivity index (χ0n) is 19.4. The maximum absolute atomic E-state index is 13.5. The number of amides is 1. The van der Waals surface area contributed by atoms with Crippen molar-refractivity contribution in [1.82, 2.24) is 24.6 Å². The van der Waals surface area contributed by atoms with E-state index in [0.29, 0.717) is 18.6 Å². The normalized spacial score (nSPS) is 14.6. The van der Waals surface area contributed by atoms with Crippen molar-refractivity contribution in [3.05, 3.63) is 76.2 Å². The Labute approximate surface area is 197 Å². The van der Waals surface area contributed by atoms with Crippen LogP contribution in [0.3, 0.4) is 0 Å². The second kappa shape index (κ2) is 9.79. The molecule has 4 aromatic rings. The lowest BCUT2D eigenvalue weighted by molar-refractivity contribution is -0.122. The molecule has 8 nitrogen and oxygen atoms in total. The van der Waals surface area contributed by atoms with Gasteiger partial charge in [-0.05, 0) is 24.1 Å². The molecule has 0 radical (unpaired) electrons. The first-order chi connectivity index (χ1) is 16.6. The van der Waals surface area contributed by atoms with Crippen molar-refractivity contribution >= 4 is 27.7 Å². The second-order valence-corrected chi connectivity index (χ2v) is 8.70. The number of rotatable bonds is 7. The zero-order valence-corrected chi connectivity index (χ0v) is 19.4. The highest BCUT2D eigenvalue weighted by molar-refractivity contribution is 6.07. The van der Waals surface area contributed by atoms with Gasteiger partial charge in [-0.3, -0.25) is 14.5 Å².